The van der Waals surface area contributed by atoms with Gasteiger partial charge in [0.15, 0.2) is 11.6 Å². The SMILES string of the molecule is CC(=O)/C=C(\[O-])c1ccccc1.CC(=O)/C=C(\[O-])c1ccccc1.CC[O-].CC[O-].[Zr+4]. The van der Waals surface area contributed by atoms with Crippen LogP contribution < -0.4 is 20.4 Å². The van der Waals surface area contributed by atoms with E-state index in [1.54, 1.807) is 62.4 Å². The average molecular weight is 504 g/mol. The van der Waals surface area contributed by atoms with Gasteiger partial charge >= 0.3 is 26.2 Å². The van der Waals surface area contributed by atoms with Crippen LogP contribution in [-0.2, 0) is 35.8 Å². The fourth-order valence-corrected chi connectivity index (χ4v) is 1.74. The molecule has 0 N–H and O–H groups in total. The molecule has 2 aromatic rings. The molecule has 0 bridgehead atoms. The second kappa shape index (κ2) is 22.4. The summed E-state index contributed by atoms with van der Waals surface area (Å²) in [6.45, 7) is 5.86. The van der Waals surface area contributed by atoms with Gasteiger partial charge in [-0.25, -0.2) is 0 Å². The molecule has 164 valence electrons. The Morgan fingerprint density at radius 1 is 0.677 bits per heavy atom. The summed E-state index contributed by atoms with van der Waals surface area (Å²) in [7, 11) is 0. The number of allylic oxidation sites excluding steroid dienone is 2. The Morgan fingerprint density at radius 2 is 0.903 bits per heavy atom. The molecule has 0 heterocycles. The normalized spacial score (nSPS) is 9.87. The Balaban J connectivity index is -0.000000394. The van der Waals surface area contributed by atoms with Gasteiger partial charge in [-0.3, -0.25) is 9.59 Å². The number of carbonyl (C=O) groups is 2. The number of benzene rings is 2. The minimum atomic E-state index is -0.233. The van der Waals surface area contributed by atoms with Crippen molar-refractivity contribution in [2.75, 3.05) is 13.2 Å². The fourth-order valence-electron chi connectivity index (χ4n) is 1.74. The first-order valence-electron chi connectivity index (χ1n) is 9.28. The van der Waals surface area contributed by atoms with Gasteiger partial charge in [-0.15, -0.1) is 13.2 Å². The minimum Gasteiger partial charge on any atom is -0.872 e. The van der Waals surface area contributed by atoms with E-state index in [1.165, 1.54) is 13.8 Å². The van der Waals surface area contributed by atoms with Crippen molar-refractivity contribution in [1.82, 2.24) is 0 Å². The number of hydrogen-bond acceptors (Lipinski definition) is 6. The molecule has 0 radical (unpaired) electrons. The summed E-state index contributed by atoms with van der Waals surface area (Å²) in [5, 5.41) is 40.2. The van der Waals surface area contributed by atoms with Crippen LogP contribution in [0.2, 0.25) is 0 Å². The van der Waals surface area contributed by atoms with Crippen molar-refractivity contribution < 1.29 is 56.2 Å². The van der Waals surface area contributed by atoms with Gasteiger partial charge in [0, 0.05) is 0 Å². The molecule has 0 unspecified atom stereocenters. The molecule has 0 aliphatic carbocycles. The summed E-state index contributed by atoms with van der Waals surface area (Å²) >= 11 is 0. The van der Waals surface area contributed by atoms with E-state index in [2.05, 4.69) is 0 Å². The van der Waals surface area contributed by atoms with Crippen LogP contribution in [0.3, 0.4) is 0 Å². The van der Waals surface area contributed by atoms with Crippen molar-refractivity contribution in [1.29, 1.82) is 0 Å². The van der Waals surface area contributed by atoms with E-state index in [-0.39, 0.29) is 62.5 Å². The Kier molecular flexibility index (Phi) is 24.0. The predicted molar refractivity (Wildman–Crippen MR) is 111 cm³/mol. The smallest absolute Gasteiger partial charge is 0.872 e. The Morgan fingerprint density at radius 3 is 1.10 bits per heavy atom. The van der Waals surface area contributed by atoms with E-state index in [9.17, 15) is 19.8 Å². The van der Waals surface area contributed by atoms with E-state index >= 15 is 0 Å². The van der Waals surface area contributed by atoms with E-state index in [0.29, 0.717) is 11.1 Å². The van der Waals surface area contributed by atoms with Crippen molar-refractivity contribution in [3.05, 3.63) is 83.9 Å². The van der Waals surface area contributed by atoms with E-state index in [1.807, 2.05) is 12.1 Å². The van der Waals surface area contributed by atoms with Gasteiger partial charge in [0.2, 0.25) is 0 Å². The monoisotopic (exact) mass is 502 g/mol. The zero-order valence-electron chi connectivity index (χ0n) is 18.3. The van der Waals surface area contributed by atoms with Gasteiger partial charge in [-0.1, -0.05) is 86.0 Å². The summed E-state index contributed by atoms with van der Waals surface area (Å²) in [4.78, 5) is 21.1. The Hall–Kier alpha value is -2.34. The zero-order valence-corrected chi connectivity index (χ0v) is 20.7. The third-order valence-electron chi connectivity index (χ3n) is 2.79. The number of rotatable bonds is 4. The van der Waals surface area contributed by atoms with E-state index in [4.69, 9.17) is 10.2 Å². The van der Waals surface area contributed by atoms with Crippen molar-refractivity contribution >= 4 is 23.1 Å². The first-order chi connectivity index (χ1) is 14.2. The maximum atomic E-state index is 11.2. The van der Waals surface area contributed by atoms with Gasteiger partial charge < -0.3 is 20.4 Å². The van der Waals surface area contributed by atoms with Crippen LogP contribution in [0.1, 0.15) is 38.8 Å². The molecule has 0 saturated heterocycles. The van der Waals surface area contributed by atoms with Crippen molar-refractivity contribution in [3.8, 4) is 0 Å². The third-order valence-corrected chi connectivity index (χ3v) is 2.79. The molecule has 0 aliphatic rings. The van der Waals surface area contributed by atoms with Crippen LogP contribution in [0.15, 0.2) is 72.8 Å². The molecule has 31 heavy (non-hydrogen) atoms. The van der Waals surface area contributed by atoms with Crippen LogP contribution in [0.5, 0.6) is 0 Å². The Labute approximate surface area is 203 Å². The topological polar surface area (TPSA) is 126 Å². The number of carbonyl (C=O) groups excluding carboxylic acids is 2. The summed E-state index contributed by atoms with van der Waals surface area (Å²) in [5.74, 6) is -0.904. The first kappa shape index (κ1) is 33.3. The molecule has 0 fully saturated rings. The van der Waals surface area contributed by atoms with Crippen LogP contribution in [-0.4, -0.2) is 24.8 Å². The Bertz CT molecular complexity index is 704. The quantitative estimate of drug-likeness (QED) is 0.446. The third kappa shape index (κ3) is 20.7. The molecule has 6 nitrogen and oxygen atoms in total. The summed E-state index contributed by atoms with van der Waals surface area (Å²) in [6, 6.07) is 17.4. The molecule has 2 rings (SSSR count). The summed E-state index contributed by atoms with van der Waals surface area (Å²) < 4.78 is 0. The first-order valence-corrected chi connectivity index (χ1v) is 9.28. The van der Waals surface area contributed by atoms with Crippen molar-refractivity contribution in [3.63, 3.8) is 0 Å². The predicted octanol–water partition coefficient (Wildman–Crippen LogP) is 0.684. The molecule has 0 spiro atoms. The molecular formula is C24H28O6Zr. The van der Waals surface area contributed by atoms with Crippen LogP contribution in [0, 0.1) is 0 Å². The molecule has 7 heteroatoms. The molecule has 2 aromatic carbocycles. The second-order valence-corrected chi connectivity index (χ2v) is 5.55. The largest absolute Gasteiger partial charge is 4.00 e. The van der Waals surface area contributed by atoms with Gasteiger partial charge in [0.1, 0.15) is 0 Å². The standard InChI is InChI=1S/2C10H10O2.2C2H5O.Zr/c2*1-8(11)7-10(12)9-5-3-2-4-6-9;2*1-2-3;/h2*2-7,12H,1H3;2*2H2,1H3;/q;;2*-1;+4/p-2/b2*10-7-;;;. The van der Waals surface area contributed by atoms with Crippen molar-refractivity contribution in [2.45, 2.75) is 27.7 Å². The second-order valence-electron chi connectivity index (χ2n) is 5.55. The molecule has 0 aliphatic heterocycles. The van der Waals surface area contributed by atoms with Crippen LogP contribution in [0.4, 0.5) is 0 Å². The van der Waals surface area contributed by atoms with Gasteiger partial charge in [-0.05, 0) is 37.1 Å². The summed E-state index contributed by atoms with van der Waals surface area (Å²) in [6.07, 6.45) is 2.19. The van der Waals surface area contributed by atoms with E-state index < -0.39 is 0 Å². The van der Waals surface area contributed by atoms with Gasteiger partial charge in [-0.2, -0.15) is 0 Å². The molecule has 0 saturated carbocycles. The van der Waals surface area contributed by atoms with Crippen LogP contribution >= 0.6 is 0 Å². The number of hydrogen-bond donors (Lipinski definition) is 0. The summed E-state index contributed by atoms with van der Waals surface area (Å²) in [5.41, 5.74) is 1.10. The molecule has 0 atom stereocenters. The average Bonchev–Trinajstić information content (AvgIpc) is 2.70. The fraction of sp³-hybridized carbons (Fsp3) is 0.250. The van der Waals surface area contributed by atoms with Crippen molar-refractivity contribution in [2.24, 2.45) is 0 Å². The van der Waals surface area contributed by atoms with Gasteiger partial charge in [0.25, 0.3) is 0 Å². The molecule has 0 aromatic heterocycles. The van der Waals surface area contributed by atoms with Crippen LogP contribution in [0.25, 0.3) is 11.5 Å². The molecular weight excluding hydrogens is 475 g/mol. The molecule has 0 amide bonds. The number of ketones is 2. The maximum absolute atomic E-state index is 11.2. The van der Waals surface area contributed by atoms with Gasteiger partial charge in [0.05, 0.1) is 0 Å². The minimum absolute atomic E-state index is 0. The zero-order chi connectivity index (χ0) is 23.4. The maximum Gasteiger partial charge on any atom is 4.00 e. The van der Waals surface area contributed by atoms with E-state index in [0.717, 1.165) is 12.2 Å².